The van der Waals surface area contributed by atoms with Crippen LogP contribution in [0.2, 0.25) is 5.28 Å². The van der Waals surface area contributed by atoms with Gasteiger partial charge in [0.2, 0.25) is 5.28 Å². The van der Waals surface area contributed by atoms with Crippen molar-refractivity contribution in [1.82, 2.24) is 9.97 Å². The van der Waals surface area contributed by atoms with Crippen molar-refractivity contribution >= 4 is 17.4 Å². The third-order valence-electron chi connectivity index (χ3n) is 2.51. The van der Waals surface area contributed by atoms with Gasteiger partial charge < -0.3 is 4.90 Å². The van der Waals surface area contributed by atoms with Crippen molar-refractivity contribution in [2.24, 2.45) is 5.92 Å². The Morgan fingerprint density at radius 2 is 2.29 bits per heavy atom. The molecule has 0 unspecified atom stereocenters. The van der Waals surface area contributed by atoms with Crippen LogP contribution in [0.1, 0.15) is 18.4 Å². The quantitative estimate of drug-likeness (QED) is 0.719. The second-order valence-electron chi connectivity index (χ2n) is 3.97. The molecule has 2 rings (SSSR count). The molecule has 0 N–H and O–H groups in total. The summed E-state index contributed by atoms with van der Waals surface area (Å²) in [6.45, 7) is 3.09. The van der Waals surface area contributed by atoms with Gasteiger partial charge in [0.05, 0.1) is 0 Å². The molecule has 1 fully saturated rings. The fourth-order valence-electron chi connectivity index (χ4n) is 1.57. The van der Waals surface area contributed by atoms with E-state index in [0.717, 1.165) is 23.8 Å². The number of anilines is 1. The molecule has 0 aromatic carbocycles. The molecule has 1 aliphatic rings. The Bertz CT molecular complexity index is 336. The lowest BCUT2D eigenvalue weighted by Crippen LogP contribution is -2.22. The van der Waals surface area contributed by atoms with E-state index in [0.29, 0.717) is 5.28 Å². The van der Waals surface area contributed by atoms with E-state index in [1.165, 1.54) is 12.8 Å². The topological polar surface area (TPSA) is 29.0 Å². The minimum absolute atomic E-state index is 0.327. The first-order chi connectivity index (χ1) is 6.66. The molecule has 4 heteroatoms. The Hall–Kier alpha value is -0.830. The Morgan fingerprint density at radius 3 is 2.93 bits per heavy atom. The van der Waals surface area contributed by atoms with Gasteiger partial charge >= 0.3 is 0 Å². The van der Waals surface area contributed by atoms with Crippen LogP contribution < -0.4 is 4.90 Å². The second-order valence-corrected chi connectivity index (χ2v) is 4.31. The monoisotopic (exact) mass is 211 g/mol. The van der Waals surface area contributed by atoms with Crippen LogP contribution in [0.4, 0.5) is 5.82 Å². The van der Waals surface area contributed by atoms with E-state index >= 15 is 0 Å². The van der Waals surface area contributed by atoms with Gasteiger partial charge in [0.25, 0.3) is 0 Å². The Balaban J connectivity index is 2.15. The van der Waals surface area contributed by atoms with E-state index in [2.05, 4.69) is 21.9 Å². The van der Waals surface area contributed by atoms with Crippen LogP contribution >= 0.6 is 11.6 Å². The molecule has 0 amide bonds. The van der Waals surface area contributed by atoms with Crippen LogP contribution in [-0.2, 0) is 0 Å². The summed E-state index contributed by atoms with van der Waals surface area (Å²) in [4.78, 5) is 10.3. The number of hydrogen-bond donors (Lipinski definition) is 0. The molecule has 0 spiro atoms. The van der Waals surface area contributed by atoms with Gasteiger partial charge in [-0.05, 0) is 37.3 Å². The minimum atomic E-state index is 0.327. The molecule has 1 aromatic rings. The highest BCUT2D eigenvalue weighted by Gasteiger charge is 2.23. The number of rotatable bonds is 3. The zero-order valence-corrected chi connectivity index (χ0v) is 9.25. The maximum atomic E-state index is 5.76. The van der Waals surface area contributed by atoms with E-state index in [-0.39, 0.29) is 0 Å². The highest BCUT2D eigenvalue weighted by atomic mass is 35.5. The lowest BCUT2D eigenvalue weighted by molar-refractivity contribution is 0.772. The van der Waals surface area contributed by atoms with Gasteiger partial charge in [0.1, 0.15) is 5.82 Å². The first-order valence-electron chi connectivity index (χ1n) is 4.87. The highest BCUT2D eigenvalue weighted by Crippen LogP contribution is 2.31. The third kappa shape index (κ3) is 2.15. The average molecular weight is 212 g/mol. The molecule has 0 saturated heterocycles. The smallest absolute Gasteiger partial charge is 0.224 e. The molecule has 14 heavy (non-hydrogen) atoms. The molecule has 0 bridgehead atoms. The molecule has 1 heterocycles. The zero-order valence-electron chi connectivity index (χ0n) is 8.50. The van der Waals surface area contributed by atoms with Gasteiger partial charge in [-0.1, -0.05) is 0 Å². The predicted molar refractivity (Wildman–Crippen MR) is 57.8 cm³/mol. The van der Waals surface area contributed by atoms with Crippen molar-refractivity contribution in [1.29, 1.82) is 0 Å². The van der Waals surface area contributed by atoms with Crippen LogP contribution in [0.5, 0.6) is 0 Å². The summed E-state index contributed by atoms with van der Waals surface area (Å²) < 4.78 is 0. The van der Waals surface area contributed by atoms with Gasteiger partial charge in [-0.15, -0.1) is 0 Å². The molecule has 1 aromatic heterocycles. The number of nitrogens with zero attached hydrogens (tertiary/aromatic N) is 3. The molecule has 3 nitrogen and oxygen atoms in total. The fraction of sp³-hybridized carbons (Fsp3) is 0.600. The fourth-order valence-corrected chi connectivity index (χ4v) is 1.70. The number of hydrogen-bond acceptors (Lipinski definition) is 3. The normalized spacial score (nSPS) is 15.6. The lowest BCUT2D eigenvalue weighted by atomic mass is 10.3. The van der Waals surface area contributed by atoms with E-state index < -0.39 is 0 Å². The average Bonchev–Trinajstić information content (AvgIpc) is 2.93. The van der Waals surface area contributed by atoms with Crippen LogP contribution in [0.25, 0.3) is 0 Å². The molecule has 76 valence electrons. The summed E-state index contributed by atoms with van der Waals surface area (Å²) in [5.74, 6) is 1.81. The van der Waals surface area contributed by atoms with E-state index in [4.69, 9.17) is 11.6 Å². The maximum absolute atomic E-state index is 5.76. The Kier molecular flexibility index (Phi) is 2.59. The maximum Gasteiger partial charge on any atom is 0.224 e. The molecule has 1 aliphatic carbocycles. The Labute approximate surface area is 89.1 Å². The van der Waals surface area contributed by atoms with Crippen LogP contribution in [0, 0.1) is 12.8 Å². The molecule has 0 aliphatic heterocycles. The first kappa shape index (κ1) is 9.71. The minimum Gasteiger partial charge on any atom is -0.359 e. The summed E-state index contributed by atoms with van der Waals surface area (Å²) >= 11 is 5.76. The number of halogens is 1. The number of aryl methyl sites for hydroxylation is 1. The lowest BCUT2D eigenvalue weighted by Gasteiger charge is -2.19. The predicted octanol–water partition coefficient (Wildman–Crippen LogP) is 2.28. The zero-order chi connectivity index (χ0) is 10.1. The number of aromatic nitrogens is 2. The van der Waals surface area contributed by atoms with Crippen LogP contribution in [0.3, 0.4) is 0 Å². The van der Waals surface area contributed by atoms with Crippen molar-refractivity contribution in [2.75, 3.05) is 18.5 Å². The van der Waals surface area contributed by atoms with Crippen LogP contribution in [0.15, 0.2) is 6.20 Å². The van der Waals surface area contributed by atoms with E-state index in [1.54, 1.807) is 6.20 Å². The van der Waals surface area contributed by atoms with Crippen molar-refractivity contribution in [2.45, 2.75) is 19.8 Å². The van der Waals surface area contributed by atoms with Crippen molar-refractivity contribution in [3.63, 3.8) is 0 Å². The molecule has 0 atom stereocenters. The summed E-state index contributed by atoms with van der Waals surface area (Å²) in [5, 5.41) is 0.327. The first-order valence-corrected chi connectivity index (χ1v) is 5.25. The van der Waals surface area contributed by atoms with Gasteiger partial charge in [-0.2, -0.15) is 0 Å². The largest absolute Gasteiger partial charge is 0.359 e. The standard InChI is InChI=1S/C10H14ClN3/c1-7-5-12-10(11)13-9(7)14(2)6-8-3-4-8/h5,8H,3-4,6H2,1-2H3. The summed E-state index contributed by atoms with van der Waals surface area (Å²) in [5.41, 5.74) is 1.08. The van der Waals surface area contributed by atoms with E-state index in [1.807, 2.05) is 6.92 Å². The SMILES string of the molecule is Cc1cnc(Cl)nc1N(C)CC1CC1. The van der Waals surface area contributed by atoms with Crippen molar-refractivity contribution < 1.29 is 0 Å². The molecule has 0 radical (unpaired) electrons. The van der Waals surface area contributed by atoms with Crippen molar-refractivity contribution in [3.05, 3.63) is 17.0 Å². The highest BCUT2D eigenvalue weighted by molar-refractivity contribution is 6.28. The Morgan fingerprint density at radius 1 is 1.57 bits per heavy atom. The van der Waals surface area contributed by atoms with Gasteiger partial charge in [-0.25, -0.2) is 9.97 Å². The molecular weight excluding hydrogens is 198 g/mol. The van der Waals surface area contributed by atoms with Gasteiger partial charge in [0.15, 0.2) is 0 Å². The third-order valence-corrected chi connectivity index (χ3v) is 2.69. The van der Waals surface area contributed by atoms with Gasteiger partial charge in [-0.3, -0.25) is 0 Å². The van der Waals surface area contributed by atoms with Crippen LogP contribution in [-0.4, -0.2) is 23.6 Å². The van der Waals surface area contributed by atoms with Crippen molar-refractivity contribution in [3.8, 4) is 0 Å². The van der Waals surface area contributed by atoms with E-state index in [9.17, 15) is 0 Å². The molecule has 1 saturated carbocycles. The molecular formula is C10H14ClN3. The second kappa shape index (κ2) is 3.73. The summed E-state index contributed by atoms with van der Waals surface area (Å²) in [7, 11) is 2.06. The van der Waals surface area contributed by atoms with Gasteiger partial charge in [0, 0.05) is 25.4 Å². The summed E-state index contributed by atoms with van der Waals surface area (Å²) in [6.07, 6.45) is 4.47. The summed E-state index contributed by atoms with van der Waals surface area (Å²) in [6, 6.07) is 0.